The van der Waals surface area contributed by atoms with Gasteiger partial charge in [-0.15, -0.1) is 0 Å². The third-order valence-electron chi connectivity index (χ3n) is 3.03. The van der Waals surface area contributed by atoms with Gasteiger partial charge in [0.1, 0.15) is 6.61 Å². The maximum Gasteiger partial charge on any atom is 0.410 e. The molecule has 1 aromatic carbocycles. The Kier molecular flexibility index (Phi) is 5.18. The van der Waals surface area contributed by atoms with Gasteiger partial charge in [0.05, 0.1) is 19.3 Å². The summed E-state index contributed by atoms with van der Waals surface area (Å²) in [5.74, 6) is 0. The minimum Gasteiger partial charge on any atom is -0.445 e. The van der Waals surface area contributed by atoms with E-state index < -0.39 is 0 Å². The molecular weight excluding hydrogens is 244 g/mol. The van der Waals surface area contributed by atoms with E-state index in [1.807, 2.05) is 37.4 Å². The standard InChI is InChI=1S/C14H20N2O3/c1-15-9-13-10-16(7-8-18-13)14(17)19-11-12-5-3-2-4-6-12/h2-6,13,15H,7-11H2,1H3/t13-/m1/s1. The fraction of sp³-hybridized carbons (Fsp3) is 0.500. The van der Waals surface area contributed by atoms with Crippen molar-refractivity contribution in [1.82, 2.24) is 10.2 Å². The lowest BCUT2D eigenvalue weighted by Crippen LogP contribution is -2.48. The Bertz CT molecular complexity index is 395. The monoisotopic (exact) mass is 264 g/mol. The van der Waals surface area contributed by atoms with Gasteiger partial charge in [-0.25, -0.2) is 4.79 Å². The van der Waals surface area contributed by atoms with Gasteiger partial charge in [-0.05, 0) is 12.6 Å². The predicted octanol–water partition coefficient (Wildman–Crippen LogP) is 1.24. The molecule has 2 rings (SSSR count). The predicted molar refractivity (Wildman–Crippen MR) is 71.9 cm³/mol. The summed E-state index contributed by atoms with van der Waals surface area (Å²) in [4.78, 5) is 13.7. The third-order valence-corrected chi connectivity index (χ3v) is 3.03. The molecule has 1 fully saturated rings. The number of hydrogen-bond acceptors (Lipinski definition) is 4. The lowest BCUT2D eigenvalue weighted by molar-refractivity contribution is -0.0263. The van der Waals surface area contributed by atoms with E-state index in [4.69, 9.17) is 9.47 Å². The van der Waals surface area contributed by atoms with Crippen LogP contribution in [0.1, 0.15) is 5.56 Å². The van der Waals surface area contributed by atoms with Crippen LogP contribution in [0.4, 0.5) is 4.79 Å². The van der Waals surface area contributed by atoms with Crippen LogP contribution in [0.25, 0.3) is 0 Å². The molecule has 0 saturated carbocycles. The highest BCUT2D eigenvalue weighted by Gasteiger charge is 2.24. The number of nitrogens with zero attached hydrogens (tertiary/aromatic N) is 1. The Morgan fingerprint density at radius 1 is 1.47 bits per heavy atom. The van der Waals surface area contributed by atoms with Crippen LogP contribution in [0.2, 0.25) is 0 Å². The molecule has 1 aromatic rings. The van der Waals surface area contributed by atoms with E-state index in [-0.39, 0.29) is 12.2 Å². The summed E-state index contributed by atoms with van der Waals surface area (Å²) in [6.45, 7) is 2.78. The number of hydrogen-bond donors (Lipinski definition) is 1. The van der Waals surface area contributed by atoms with E-state index in [2.05, 4.69) is 5.32 Å². The molecule has 0 aliphatic carbocycles. The molecular formula is C14H20N2O3. The highest BCUT2D eigenvalue weighted by atomic mass is 16.6. The van der Waals surface area contributed by atoms with Crippen molar-refractivity contribution in [3.05, 3.63) is 35.9 Å². The first-order valence-corrected chi connectivity index (χ1v) is 6.51. The van der Waals surface area contributed by atoms with Gasteiger partial charge in [-0.1, -0.05) is 30.3 Å². The number of likely N-dealkylation sites (N-methyl/N-ethyl adjacent to an activating group) is 1. The summed E-state index contributed by atoms with van der Waals surface area (Å²) in [6, 6.07) is 9.68. The van der Waals surface area contributed by atoms with Crippen LogP contribution in [0, 0.1) is 0 Å². The fourth-order valence-electron chi connectivity index (χ4n) is 2.05. The minimum absolute atomic E-state index is 0.0445. The highest BCUT2D eigenvalue weighted by Crippen LogP contribution is 2.08. The average molecular weight is 264 g/mol. The summed E-state index contributed by atoms with van der Waals surface area (Å²) >= 11 is 0. The summed E-state index contributed by atoms with van der Waals surface area (Å²) in [5.41, 5.74) is 0.996. The molecule has 104 valence electrons. The first-order chi connectivity index (χ1) is 9.29. The highest BCUT2D eigenvalue weighted by molar-refractivity contribution is 5.67. The van der Waals surface area contributed by atoms with E-state index in [0.717, 1.165) is 12.1 Å². The van der Waals surface area contributed by atoms with Gasteiger partial charge in [0.25, 0.3) is 0 Å². The van der Waals surface area contributed by atoms with Crippen molar-refractivity contribution in [3.8, 4) is 0 Å². The molecule has 5 nitrogen and oxygen atoms in total. The maximum absolute atomic E-state index is 11.9. The van der Waals surface area contributed by atoms with Crippen molar-refractivity contribution in [2.75, 3.05) is 33.3 Å². The van der Waals surface area contributed by atoms with E-state index >= 15 is 0 Å². The Balaban J connectivity index is 1.79. The topological polar surface area (TPSA) is 50.8 Å². The molecule has 1 aliphatic rings. The number of ether oxygens (including phenoxy) is 2. The van der Waals surface area contributed by atoms with Crippen molar-refractivity contribution in [2.45, 2.75) is 12.7 Å². The Hall–Kier alpha value is -1.59. The van der Waals surface area contributed by atoms with Crippen LogP contribution < -0.4 is 5.32 Å². The van der Waals surface area contributed by atoms with Gasteiger partial charge in [-0.3, -0.25) is 0 Å². The van der Waals surface area contributed by atoms with Crippen LogP contribution in [-0.4, -0.2) is 50.4 Å². The summed E-state index contributed by atoms with van der Waals surface area (Å²) < 4.78 is 10.9. The van der Waals surface area contributed by atoms with E-state index in [9.17, 15) is 4.79 Å². The first-order valence-electron chi connectivity index (χ1n) is 6.51. The van der Waals surface area contributed by atoms with Gasteiger partial charge in [0.2, 0.25) is 0 Å². The van der Waals surface area contributed by atoms with Crippen LogP contribution in [-0.2, 0) is 16.1 Å². The van der Waals surface area contributed by atoms with Gasteiger partial charge in [-0.2, -0.15) is 0 Å². The maximum atomic E-state index is 11.9. The molecule has 0 unspecified atom stereocenters. The number of morpholine rings is 1. The zero-order valence-electron chi connectivity index (χ0n) is 11.2. The molecule has 5 heteroatoms. The Morgan fingerprint density at radius 2 is 2.26 bits per heavy atom. The first kappa shape index (κ1) is 13.8. The molecule has 1 saturated heterocycles. The molecule has 0 radical (unpaired) electrons. The van der Waals surface area contributed by atoms with Crippen LogP contribution in [0.3, 0.4) is 0 Å². The SMILES string of the molecule is CNC[C@@H]1CN(C(=O)OCc2ccccc2)CCO1. The van der Waals surface area contributed by atoms with Crippen molar-refractivity contribution in [2.24, 2.45) is 0 Å². The number of nitrogens with one attached hydrogen (secondary N) is 1. The number of benzene rings is 1. The molecule has 0 spiro atoms. The summed E-state index contributed by atoms with van der Waals surface area (Å²) in [7, 11) is 1.87. The molecule has 1 atom stereocenters. The zero-order chi connectivity index (χ0) is 13.5. The normalized spacial score (nSPS) is 19.2. The molecule has 19 heavy (non-hydrogen) atoms. The smallest absolute Gasteiger partial charge is 0.410 e. The van der Waals surface area contributed by atoms with Crippen LogP contribution in [0.15, 0.2) is 30.3 Å². The Morgan fingerprint density at radius 3 is 3.00 bits per heavy atom. The Labute approximate surface area is 113 Å². The quantitative estimate of drug-likeness (QED) is 0.889. The van der Waals surface area contributed by atoms with Crippen molar-refractivity contribution in [1.29, 1.82) is 0 Å². The lowest BCUT2D eigenvalue weighted by atomic mass is 10.2. The molecule has 1 amide bonds. The second kappa shape index (κ2) is 7.11. The minimum atomic E-state index is -0.270. The zero-order valence-corrected chi connectivity index (χ0v) is 11.2. The average Bonchev–Trinajstić information content (AvgIpc) is 2.46. The summed E-state index contributed by atoms with van der Waals surface area (Å²) in [6.07, 6.45) is -0.226. The fourth-order valence-corrected chi connectivity index (χ4v) is 2.05. The number of amides is 1. The second-order valence-electron chi connectivity index (χ2n) is 4.54. The second-order valence-corrected chi connectivity index (χ2v) is 4.54. The van der Waals surface area contributed by atoms with Crippen LogP contribution in [0.5, 0.6) is 0 Å². The largest absolute Gasteiger partial charge is 0.445 e. The lowest BCUT2D eigenvalue weighted by Gasteiger charge is -2.32. The molecule has 1 aliphatic heterocycles. The van der Waals surface area contributed by atoms with E-state index in [1.165, 1.54) is 0 Å². The van der Waals surface area contributed by atoms with E-state index in [0.29, 0.717) is 26.3 Å². The number of rotatable bonds is 4. The van der Waals surface area contributed by atoms with Gasteiger partial charge in [0.15, 0.2) is 0 Å². The van der Waals surface area contributed by atoms with Gasteiger partial charge < -0.3 is 19.7 Å². The molecule has 1 heterocycles. The van der Waals surface area contributed by atoms with E-state index in [1.54, 1.807) is 4.90 Å². The van der Waals surface area contributed by atoms with Crippen molar-refractivity contribution >= 4 is 6.09 Å². The third kappa shape index (κ3) is 4.22. The summed E-state index contributed by atoms with van der Waals surface area (Å²) in [5, 5.41) is 3.05. The van der Waals surface area contributed by atoms with Gasteiger partial charge in [0, 0.05) is 13.1 Å². The molecule has 0 aromatic heterocycles. The molecule has 1 N–H and O–H groups in total. The number of carbonyl (C=O) groups is 1. The van der Waals surface area contributed by atoms with Crippen molar-refractivity contribution < 1.29 is 14.3 Å². The van der Waals surface area contributed by atoms with Crippen molar-refractivity contribution in [3.63, 3.8) is 0 Å². The molecule has 0 bridgehead atoms. The number of carbonyl (C=O) groups excluding carboxylic acids is 1. The van der Waals surface area contributed by atoms with Gasteiger partial charge >= 0.3 is 6.09 Å². The van der Waals surface area contributed by atoms with Crippen LogP contribution >= 0.6 is 0 Å².